The van der Waals surface area contributed by atoms with Gasteiger partial charge in [0.25, 0.3) is 0 Å². The number of benzene rings is 1. The van der Waals surface area contributed by atoms with E-state index in [0.717, 1.165) is 12.3 Å². The topological polar surface area (TPSA) is 41.5 Å². The molecule has 4 heteroatoms. The van der Waals surface area contributed by atoms with Gasteiger partial charge in [-0.25, -0.2) is 0 Å². The van der Waals surface area contributed by atoms with Crippen molar-refractivity contribution in [2.45, 2.75) is 44.2 Å². The molecule has 1 fully saturated rings. The second-order valence-corrected chi connectivity index (χ2v) is 5.73. The lowest BCUT2D eigenvalue weighted by molar-refractivity contribution is 0.1000. The Hall–Kier alpha value is -1.35. The van der Waals surface area contributed by atoms with Crippen molar-refractivity contribution >= 4 is 23.2 Å². The van der Waals surface area contributed by atoms with Crippen molar-refractivity contribution < 1.29 is 4.79 Å². The Morgan fingerprint density at radius 1 is 1.37 bits per heavy atom. The number of carbonyl (C=O) groups excluding carboxylic acids is 1. The Morgan fingerprint density at radius 2 is 2.21 bits per heavy atom. The van der Waals surface area contributed by atoms with Gasteiger partial charge in [-0.2, -0.15) is 0 Å². The minimum absolute atomic E-state index is 0.0763. The summed E-state index contributed by atoms with van der Waals surface area (Å²) in [5.41, 5.74) is 0.659. The van der Waals surface area contributed by atoms with Crippen molar-refractivity contribution in [2.24, 2.45) is 4.99 Å². The number of hydrogen-bond donors (Lipinski definition) is 1. The minimum Gasteiger partial charge on any atom is -0.369 e. The molecule has 0 bridgehead atoms. The molecule has 19 heavy (non-hydrogen) atoms. The van der Waals surface area contributed by atoms with E-state index in [4.69, 9.17) is 11.6 Å². The summed E-state index contributed by atoms with van der Waals surface area (Å²) in [6, 6.07) is 7.94. The minimum atomic E-state index is 0.0763. The molecular weight excluding hydrogens is 260 g/mol. The largest absolute Gasteiger partial charge is 0.369 e. The van der Waals surface area contributed by atoms with Crippen LogP contribution in [0.5, 0.6) is 0 Å². The number of hydrogen-bond acceptors (Lipinski definition) is 3. The molecule has 0 unspecified atom stereocenters. The normalized spacial score (nSPS) is 25.4. The number of ketones is 1. The van der Waals surface area contributed by atoms with Crippen LogP contribution in [0, 0.1) is 0 Å². The summed E-state index contributed by atoms with van der Waals surface area (Å²) in [5, 5.41) is 4.00. The lowest BCUT2D eigenvalue weighted by Gasteiger charge is -2.23. The molecule has 3 rings (SSSR count). The predicted octanol–water partition coefficient (Wildman–Crippen LogP) is 3.23. The quantitative estimate of drug-likeness (QED) is 0.861. The highest BCUT2D eigenvalue weighted by Gasteiger charge is 2.31. The van der Waals surface area contributed by atoms with Gasteiger partial charge in [-0.15, -0.1) is 0 Å². The third kappa shape index (κ3) is 2.81. The first-order valence-electron chi connectivity index (χ1n) is 6.84. The number of aliphatic imine (C=N–C) groups is 1. The maximum atomic E-state index is 12.2. The van der Waals surface area contributed by atoms with Crippen LogP contribution in [0.1, 0.15) is 42.5 Å². The van der Waals surface area contributed by atoms with Crippen molar-refractivity contribution in [2.75, 3.05) is 0 Å². The zero-order chi connectivity index (χ0) is 13.2. The smallest absolute Gasteiger partial charge is 0.170 e. The van der Waals surface area contributed by atoms with E-state index in [1.54, 1.807) is 24.3 Å². The highest BCUT2D eigenvalue weighted by atomic mass is 35.5. The predicted molar refractivity (Wildman–Crippen MR) is 77.0 cm³/mol. The van der Waals surface area contributed by atoms with E-state index in [-0.39, 0.29) is 5.78 Å². The molecule has 0 spiro atoms. The maximum Gasteiger partial charge on any atom is 0.170 e. The summed E-state index contributed by atoms with van der Waals surface area (Å²) in [5.74, 6) is 0.925. The molecule has 0 saturated heterocycles. The van der Waals surface area contributed by atoms with Gasteiger partial charge in [0.2, 0.25) is 0 Å². The first kappa shape index (κ1) is 12.7. The average Bonchev–Trinajstić information content (AvgIpc) is 2.80. The van der Waals surface area contributed by atoms with Crippen LogP contribution in [0.15, 0.2) is 29.3 Å². The van der Waals surface area contributed by atoms with Crippen LogP contribution in [0.25, 0.3) is 0 Å². The number of carbonyl (C=O) groups is 1. The number of amidine groups is 1. The number of nitrogens with one attached hydrogen (secondary N) is 1. The van der Waals surface area contributed by atoms with Crippen LogP contribution >= 0.6 is 11.6 Å². The van der Waals surface area contributed by atoms with Gasteiger partial charge in [-0.3, -0.25) is 9.79 Å². The first-order valence-corrected chi connectivity index (χ1v) is 7.22. The Morgan fingerprint density at radius 3 is 3.00 bits per heavy atom. The van der Waals surface area contributed by atoms with Gasteiger partial charge in [0, 0.05) is 16.6 Å². The summed E-state index contributed by atoms with van der Waals surface area (Å²) in [6.07, 6.45) is 5.18. The average molecular weight is 277 g/mol. The number of nitrogens with zero attached hydrogens (tertiary/aromatic N) is 1. The fourth-order valence-electron chi connectivity index (χ4n) is 2.90. The van der Waals surface area contributed by atoms with Crippen molar-refractivity contribution in [3.05, 3.63) is 34.9 Å². The molecule has 2 atom stereocenters. The molecule has 100 valence electrons. The van der Waals surface area contributed by atoms with E-state index in [0.29, 0.717) is 29.1 Å². The number of Topliss-reactive ketones (excluding diaryl/α,β-unsaturated/α-hetero) is 1. The molecule has 3 nitrogen and oxygen atoms in total. The van der Waals surface area contributed by atoms with E-state index < -0.39 is 0 Å². The van der Waals surface area contributed by atoms with Gasteiger partial charge in [0.1, 0.15) is 5.84 Å². The van der Waals surface area contributed by atoms with Crippen molar-refractivity contribution in [3.8, 4) is 0 Å². The molecular formula is C15H17ClN2O. The standard InChI is InChI=1S/C15H17ClN2O/c16-11-5-3-4-10(8-11)14(19)9-15-17-12-6-1-2-7-13(12)18-15/h3-5,8,12-13H,1-2,6-7,9H2,(H,17,18)/t12-,13-/m1/s1. The molecule has 1 N–H and O–H groups in total. The van der Waals surface area contributed by atoms with Gasteiger partial charge < -0.3 is 5.32 Å². The van der Waals surface area contributed by atoms with Crippen LogP contribution in [-0.4, -0.2) is 23.7 Å². The van der Waals surface area contributed by atoms with Crippen LogP contribution in [0.3, 0.4) is 0 Å². The molecule has 1 aliphatic carbocycles. The zero-order valence-corrected chi connectivity index (χ0v) is 11.5. The van der Waals surface area contributed by atoms with Crippen molar-refractivity contribution in [1.29, 1.82) is 0 Å². The summed E-state index contributed by atoms with van der Waals surface area (Å²) in [6.45, 7) is 0. The molecule has 0 aromatic heterocycles. The van der Waals surface area contributed by atoms with E-state index in [9.17, 15) is 4.79 Å². The molecule has 1 aliphatic heterocycles. The summed E-state index contributed by atoms with van der Waals surface area (Å²) >= 11 is 5.91. The van der Waals surface area contributed by atoms with Crippen molar-refractivity contribution in [3.63, 3.8) is 0 Å². The number of rotatable bonds is 3. The van der Waals surface area contributed by atoms with Gasteiger partial charge in [0.15, 0.2) is 5.78 Å². The van der Waals surface area contributed by atoms with Crippen LogP contribution < -0.4 is 5.32 Å². The monoisotopic (exact) mass is 276 g/mol. The summed E-state index contributed by atoms with van der Waals surface area (Å²) in [7, 11) is 0. The van der Waals surface area contributed by atoms with Gasteiger partial charge >= 0.3 is 0 Å². The third-order valence-electron chi connectivity index (χ3n) is 3.88. The molecule has 0 amide bonds. The molecule has 0 radical (unpaired) electrons. The highest BCUT2D eigenvalue weighted by molar-refractivity contribution is 6.31. The van der Waals surface area contributed by atoms with E-state index in [1.807, 2.05) is 0 Å². The van der Waals surface area contributed by atoms with Gasteiger partial charge in [0.05, 0.1) is 12.5 Å². The second kappa shape index (κ2) is 5.33. The Balaban J connectivity index is 1.67. The van der Waals surface area contributed by atoms with Crippen LogP contribution in [0.2, 0.25) is 5.02 Å². The molecule has 1 heterocycles. The Kier molecular flexibility index (Phi) is 3.56. The summed E-state index contributed by atoms with van der Waals surface area (Å²) in [4.78, 5) is 16.8. The Labute approximate surface area is 118 Å². The fraction of sp³-hybridized carbons (Fsp3) is 0.467. The third-order valence-corrected chi connectivity index (χ3v) is 4.11. The SMILES string of the molecule is O=C(CC1=N[C@@H]2CCCC[C@H]2N1)c1cccc(Cl)c1. The van der Waals surface area contributed by atoms with Crippen LogP contribution in [0.4, 0.5) is 0 Å². The molecule has 1 aromatic carbocycles. The van der Waals surface area contributed by atoms with E-state index in [2.05, 4.69) is 10.3 Å². The van der Waals surface area contributed by atoms with Crippen LogP contribution in [-0.2, 0) is 0 Å². The summed E-state index contributed by atoms with van der Waals surface area (Å²) < 4.78 is 0. The first-order chi connectivity index (χ1) is 9.22. The lowest BCUT2D eigenvalue weighted by atomic mass is 9.92. The highest BCUT2D eigenvalue weighted by Crippen LogP contribution is 2.25. The number of halogens is 1. The second-order valence-electron chi connectivity index (χ2n) is 5.29. The molecule has 1 aromatic rings. The van der Waals surface area contributed by atoms with Gasteiger partial charge in [-0.1, -0.05) is 36.6 Å². The van der Waals surface area contributed by atoms with E-state index in [1.165, 1.54) is 19.3 Å². The number of fused-ring (bicyclic) bond motifs is 1. The zero-order valence-electron chi connectivity index (χ0n) is 10.7. The maximum absolute atomic E-state index is 12.2. The molecule has 2 aliphatic rings. The Bertz CT molecular complexity index is 527. The lowest BCUT2D eigenvalue weighted by Crippen LogP contribution is -2.37. The van der Waals surface area contributed by atoms with Gasteiger partial charge in [-0.05, 0) is 25.0 Å². The van der Waals surface area contributed by atoms with E-state index >= 15 is 0 Å². The fourth-order valence-corrected chi connectivity index (χ4v) is 3.09. The molecule has 1 saturated carbocycles. The van der Waals surface area contributed by atoms with Crippen molar-refractivity contribution in [1.82, 2.24) is 5.32 Å².